The number of amides is 2. The van der Waals surface area contributed by atoms with Crippen LogP contribution in [0.3, 0.4) is 0 Å². The van der Waals surface area contributed by atoms with Gasteiger partial charge < -0.3 is 15.2 Å². The van der Waals surface area contributed by atoms with Gasteiger partial charge in [0.05, 0.1) is 5.69 Å². The minimum atomic E-state index is -4.55. The highest BCUT2D eigenvalue weighted by atomic mass is 19.4. The number of hydrogen-bond acceptors (Lipinski definition) is 5. The average Bonchev–Trinajstić information content (AvgIpc) is 3.10. The van der Waals surface area contributed by atoms with Crippen molar-refractivity contribution in [1.29, 1.82) is 0 Å². The number of alkyl halides is 3. The molecule has 0 bridgehead atoms. The third kappa shape index (κ3) is 3.63. The van der Waals surface area contributed by atoms with E-state index in [2.05, 4.69) is 15.7 Å². The second-order valence-electron chi connectivity index (χ2n) is 6.56. The lowest BCUT2D eigenvalue weighted by Crippen LogP contribution is -2.44. The average molecular weight is 405 g/mol. The second-order valence-corrected chi connectivity index (χ2v) is 6.56. The largest absolute Gasteiger partial charge is 0.409 e. The van der Waals surface area contributed by atoms with Gasteiger partial charge in [-0.05, 0) is 18.2 Å². The molecule has 1 fully saturated rings. The summed E-state index contributed by atoms with van der Waals surface area (Å²) in [6.45, 7) is 0.00347. The van der Waals surface area contributed by atoms with Gasteiger partial charge in [0.2, 0.25) is 23.7 Å². The number of aromatic nitrogens is 1. The number of nitrogens with zero attached hydrogens (tertiary/aromatic N) is 3. The third-order valence-corrected chi connectivity index (χ3v) is 4.66. The maximum Gasteiger partial charge on any atom is 0.409 e. The normalized spacial score (nSPS) is 25.3. The topological polar surface area (TPSA) is 77.6 Å². The van der Waals surface area contributed by atoms with Gasteiger partial charge in [-0.2, -0.15) is 26.9 Å². The van der Waals surface area contributed by atoms with Crippen molar-refractivity contribution >= 4 is 17.5 Å². The van der Waals surface area contributed by atoms with Crippen LogP contribution in [-0.4, -0.2) is 59.6 Å². The number of carbonyl (C=O) groups is 2. The van der Waals surface area contributed by atoms with Crippen molar-refractivity contribution in [2.75, 3.05) is 26.0 Å². The Morgan fingerprint density at radius 2 is 1.96 bits per heavy atom. The first-order chi connectivity index (χ1) is 13.0. The Morgan fingerprint density at radius 1 is 1.29 bits per heavy atom. The first kappa shape index (κ1) is 20.0. The highest BCUT2D eigenvalue weighted by Gasteiger charge is 2.50. The minimum absolute atomic E-state index is 0.00347. The van der Waals surface area contributed by atoms with Crippen molar-refractivity contribution in [3.63, 3.8) is 0 Å². The fourth-order valence-corrected chi connectivity index (χ4v) is 3.32. The van der Waals surface area contributed by atoms with Crippen LogP contribution in [0.25, 0.3) is 0 Å². The molecule has 0 spiro atoms. The van der Waals surface area contributed by atoms with Gasteiger partial charge in [-0.15, -0.1) is 0 Å². The van der Waals surface area contributed by atoms with E-state index in [1.54, 1.807) is 0 Å². The van der Waals surface area contributed by atoms with Gasteiger partial charge in [-0.25, -0.2) is 5.43 Å². The van der Waals surface area contributed by atoms with E-state index in [9.17, 15) is 31.5 Å². The number of rotatable bonds is 3. The SMILES string of the molecule is CN1C[C@H](C2=CC(C(F)(F)F)NN2C)[C@@H](C(=O)Nc2ccc(F)nc2F)C1=O. The van der Waals surface area contributed by atoms with Gasteiger partial charge in [0.15, 0.2) is 0 Å². The Kier molecular flexibility index (Phi) is 5.00. The number of hydrazine groups is 1. The summed E-state index contributed by atoms with van der Waals surface area (Å²) in [5.74, 6) is -6.18. The van der Waals surface area contributed by atoms with E-state index in [1.165, 1.54) is 19.0 Å². The molecular weight excluding hydrogens is 389 g/mol. The molecule has 12 heteroatoms. The van der Waals surface area contributed by atoms with E-state index < -0.39 is 53.5 Å². The molecule has 3 rings (SSSR count). The number of pyridine rings is 1. The molecule has 28 heavy (non-hydrogen) atoms. The maximum absolute atomic E-state index is 13.7. The van der Waals surface area contributed by atoms with Gasteiger partial charge >= 0.3 is 6.18 Å². The van der Waals surface area contributed by atoms with Crippen LogP contribution in [0.15, 0.2) is 23.9 Å². The van der Waals surface area contributed by atoms with Crippen molar-refractivity contribution in [3.05, 3.63) is 35.8 Å². The van der Waals surface area contributed by atoms with Crippen LogP contribution in [0.1, 0.15) is 0 Å². The zero-order chi connectivity index (χ0) is 20.8. The molecule has 0 aromatic carbocycles. The molecule has 1 saturated heterocycles. The summed E-state index contributed by atoms with van der Waals surface area (Å²) in [4.78, 5) is 29.2. The van der Waals surface area contributed by atoms with Gasteiger partial charge in [-0.3, -0.25) is 9.59 Å². The second kappa shape index (κ2) is 7.00. The summed E-state index contributed by atoms with van der Waals surface area (Å²) in [5.41, 5.74) is 1.90. The van der Waals surface area contributed by atoms with E-state index in [0.717, 1.165) is 23.2 Å². The van der Waals surface area contributed by atoms with Crippen LogP contribution in [0.2, 0.25) is 0 Å². The van der Waals surface area contributed by atoms with Gasteiger partial charge in [0, 0.05) is 32.3 Å². The summed E-state index contributed by atoms with van der Waals surface area (Å²) in [6, 6.07) is -0.184. The number of anilines is 1. The van der Waals surface area contributed by atoms with Gasteiger partial charge in [0.25, 0.3) is 0 Å². The lowest BCUT2D eigenvalue weighted by atomic mass is 9.90. The molecule has 152 valence electrons. The van der Waals surface area contributed by atoms with Crippen molar-refractivity contribution in [2.45, 2.75) is 12.2 Å². The summed E-state index contributed by atoms with van der Waals surface area (Å²) in [5, 5.41) is 3.28. The molecule has 2 N–H and O–H groups in total. The fourth-order valence-electron chi connectivity index (χ4n) is 3.32. The maximum atomic E-state index is 13.7. The predicted octanol–water partition coefficient (Wildman–Crippen LogP) is 1.27. The highest BCUT2D eigenvalue weighted by molar-refractivity contribution is 6.08. The Labute approximate surface area is 156 Å². The fraction of sp³-hybridized carbons (Fsp3) is 0.438. The van der Waals surface area contributed by atoms with E-state index in [4.69, 9.17) is 0 Å². The zero-order valence-corrected chi connectivity index (χ0v) is 14.7. The van der Waals surface area contributed by atoms with Crippen molar-refractivity contribution < 1.29 is 31.5 Å². The first-order valence-corrected chi connectivity index (χ1v) is 8.15. The van der Waals surface area contributed by atoms with E-state index in [-0.39, 0.29) is 12.2 Å². The number of nitrogens with one attached hydrogen (secondary N) is 2. The summed E-state index contributed by atoms with van der Waals surface area (Å²) < 4.78 is 65.6. The van der Waals surface area contributed by atoms with Crippen molar-refractivity contribution in [3.8, 4) is 0 Å². The molecule has 3 atom stereocenters. The molecule has 7 nitrogen and oxygen atoms in total. The molecule has 0 radical (unpaired) electrons. The predicted molar refractivity (Wildman–Crippen MR) is 86.2 cm³/mol. The number of halogens is 5. The summed E-state index contributed by atoms with van der Waals surface area (Å²) in [6.07, 6.45) is -3.64. The standard InChI is InChI=1S/C16H16F5N5O2/c1-25-6-7(9-5-10(16(19,20)21)24-26(9)2)12(15(25)28)14(27)22-8-3-4-11(17)23-13(8)18/h3-5,7,10,12,24H,6H2,1-2H3,(H,22,27)/t7-,10?,12+/m1/s1. The number of likely N-dealkylation sites (tertiary alicyclic amines) is 1. The quantitative estimate of drug-likeness (QED) is 0.450. The Bertz CT molecular complexity index is 843. The lowest BCUT2D eigenvalue weighted by molar-refractivity contribution is -0.149. The van der Waals surface area contributed by atoms with Crippen LogP contribution < -0.4 is 10.7 Å². The van der Waals surface area contributed by atoms with Crippen molar-refractivity contribution in [2.24, 2.45) is 11.8 Å². The molecule has 2 aliphatic rings. The zero-order valence-electron chi connectivity index (χ0n) is 14.7. The molecule has 1 aromatic heterocycles. The highest BCUT2D eigenvalue weighted by Crippen LogP contribution is 2.36. The van der Waals surface area contributed by atoms with Crippen LogP contribution in [0.4, 0.5) is 27.6 Å². The van der Waals surface area contributed by atoms with Crippen LogP contribution >= 0.6 is 0 Å². The van der Waals surface area contributed by atoms with Gasteiger partial charge in [0.1, 0.15) is 12.0 Å². The Hall–Kier alpha value is -2.76. The summed E-state index contributed by atoms with van der Waals surface area (Å²) >= 11 is 0. The molecule has 0 aliphatic carbocycles. The smallest absolute Gasteiger partial charge is 0.344 e. The molecule has 0 saturated carbocycles. The first-order valence-electron chi connectivity index (χ1n) is 8.15. The minimum Gasteiger partial charge on any atom is -0.344 e. The molecule has 1 aromatic rings. The number of hydrogen-bond donors (Lipinski definition) is 2. The molecule has 1 unspecified atom stereocenters. The van der Waals surface area contributed by atoms with Crippen LogP contribution in [0, 0.1) is 23.7 Å². The lowest BCUT2D eigenvalue weighted by Gasteiger charge is -2.25. The third-order valence-electron chi connectivity index (χ3n) is 4.66. The van der Waals surface area contributed by atoms with Crippen LogP contribution in [0.5, 0.6) is 0 Å². The monoisotopic (exact) mass is 405 g/mol. The van der Waals surface area contributed by atoms with Crippen LogP contribution in [-0.2, 0) is 9.59 Å². The van der Waals surface area contributed by atoms with E-state index >= 15 is 0 Å². The Morgan fingerprint density at radius 3 is 2.54 bits per heavy atom. The van der Waals surface area contributed by atoms with E-state index in [1.807, 2.05) is 0 Å². The summed E-state index contributed by atoms with van der Waals surface area (Å²) in [7, 11) is 2.76. The molecule has 3 heterocycles. The number of carbonyl (C=O) groups excluding carboxylic acids is 2. The van der Waals surface area contributed by atoms with E-state index in [0.29, 0.717) is 0 Å². The Balaban J connectivity index is 1.87. The molecule has 2 aliphatic heterocycles. The molecular formula is C16H16F5N5O2. The molecule has 2 amide bonds. The van der Waals surface area contributed by atoms with Crippen molar-refractivity contribution in [1.82, 2.24) is 20.3 Å². The van der Waals surface area contributed by atoms with Gasteiger partial charge in [-0.1, -0.05) is 0 Å².